The Kier molecular flexibility index (Phi) is 7.95. The van der Waals surface area contributed by atoms with E-state index in [4.69, 9.17) is 0 Å². The molecule has 5 nitrogen and oxygen atoms in total. The monoisotopic (exact) mass is 237 g/mol. The Morgan fingerprint density at radius 2 is 1.73 bits per heavy atom. The van der Waals surface area contributed by atoms with Crippen LogP contribution >= 0.6 is 0 Å². The molecule has 0 saturated carbocycles. The number of nitrogens with one attached hydrogen (secondary N) is 3. The minimum absolute atomic E-state index is 0.319. The molecule has 0 radical (unpaired) electrons. The van der Waals surface area contributed by atoms with Gasteiger partial charge in [0, 0.05) is 19.6 Å². The van der Waals surface area contributed by atoms with Crippen molar-refractivity contribution in [3.8, 4) is 0 Å². The number of hydrogen-bond donors (Lipinski definition) is 3. The summed E-state index contributed by atoms with van der Waals surface area (Å²) < 4.78 is 27.6. The first-order valence-electron chi connectivity index (χ1n) is 5.43. The van der Waals surface area contributed by atoms with Gasteiger partial charge in [0.15, 0.2) is 0 Å². The molecule has 6 heteroatoms. The predicted octanol–water partition coefficient (Wildman–Crippen LogP) is 0.0660. The largest absolute Gasteiger partial charge is 0.315 e. The third-order valence-electron chi connectivity index (χ3n) is 1.70. The highest BCUT2D eigenvalue weighted by Crippen LogP contribution is 1.88. The number of hydrogen-bond acceptors (Lipinski definition) is 3. The molecule has 0 aromatic rings. The lowest BCUT2D eigenvalue weighted by molar-refractivity contribution is 0.544. The molecule has 3 N–H and O–H groups in total. The molecule has 0 spiro atoms. The molecule has 0 aliphatic heterocycles. The van der Waals surface area contributed by atoms with Gasteiger partial charge >= 0.3 is 0 Å². The zero-order chi connectivity index (χ0) is 11.7. The fourth-order valence-corrected chi connectivity index (χ4v) is 1.93. The van der Waals surface area contributed by atoms with Crippen molar-refractivity contribution >= 4 is 10.2 Å². The molecule has 0 bridgehead atoms. The first-order valence-corrected chi connectivity index (χ1v) is 6.91. The normalized spacial score (nSPS) is 12.3. The zero-order valence-electron chi connectivity index (χ0n) is 9.84. The molecule has 0 aromatic carbocycles. The third kappa shape index (κ3) is 10.1. The highest BCUT2D eigenvalue weighted by atomic mass is 32.2. The van der Waals surface area contributed by atoms with Crippen LogP contribution in [0.1, 0.15) is 27.2 Å². The summed E-state index contributed by atoms with van der Waals surface area (Å²) in [6.07, 6.45) is 1.05. The topological polar surface area (TPSA) is 70.2 Å². The summed E-state index contributed by atoms with van der Waals surface area (Å²) in [6.45, 7) is 8.47. The maximum absolute atomic E-state index is 11.3. The van der Waals surface area contributed by atoms with Crippen LogP contribution in [0.5, 0.6) is 0 Å². The van der Waals surface area contributed by atoms with Crippen molar-refractivity contribution in [3.05, 3.63) is 0 Å². The van der Waals surface area contributed by atoms with E-state index in [2.05, 4.69) is 21.7 Å². The smallest absolute Gasteiger partial charge is 0.276 e. The molecule has 0 saturated heterocycles. The van der Waals surface area contributed by atoms with Crippen LogP contribution in [-0.4, -0.2) is 34.6 Å². The standard InChI is InChI=1S/C9H23N3O2S/c1-4-5-10-6-7-11-15(13,14)12-8-9(2)3/h9-12H,4-8H2,1-3H3. The van der Waals surface area contributed by atoms with E-state index in [1.165, 1.54) is 0 Å². The summed E-state index contributed by atoms with van der Waals surface area (Å²) in [5.41, 5.74) is 0. The number of rotatable bonds is 9. The molecule has 0 unspecified atom stereocenters. The van der Waals surface area contributed by atoms with Crippen molar-refractivity contribution in [3.63, 3.8) is 0 Å². The summed E-state index contributed by atoms with van der Waals surface area (Å²) in [7, 11) is -3.30. The van der Waals surface area contributed by atoms with Gasteiger partial charge in [0.2, 0.25) is 0 Å². The lowest BCUT2D eigenvalue weighted by atomic mass is 10.2. The van der Waals surface area contributed by atoms with E-state index in [9.17, 15) is 8.42 Å². The molecule has 0 aromatic heterocycles. The van der Waals surface area contributed by atoms with E-state index in [1.54, 1.807) is 0 Å². The first-order chi connectivity index (χ1) is 6.98. The Morgan fingerprint density at radius 1 is 1.07 bits per heavy atom. The second kappa shape index (κ2) is 8.04. The van der Waals surface area contributed by atoms with Gasteiger partial charge in [0.1, 0.15) is 0 Å². The van der Waals surface area contributed by atoms with Gasteiger partial charge in [-0.3, -0.25) is 0 Å². The van der Waals surface area contributed by atoms with E-state index < -0.39 is 10.2 Å². The summed E-state index contributed by atoms with van der Waals surface area (Å²) in [5.74, 6) is 0.319. The molecule has 0 amide bonds. The molecule has 0 aliphatic carbocycles. The van der Waals surface area contributed by atoms with Gasteiger partial charge in [-0.1, -0.05) is 20.8 Å². The molecule has 0 aliphatic rings. The Morgan fingerprint density at radius 3 is 2.27 bits per heavy atom. The highest BCUT2D eigenvalue weighted by Gasteiger charge is 2.08. The third-order valence-corrected chi connectivity index (χ3v) is 2.83. The van der Waals surface area contributed by atoms with Crippen molar-refractivity contribution in [2.75, 3.05) is 26.2 Å². The van der Waals surface area contributed by atoms with Crippen LogP contribution < -0.4 is 14.8 Å². The minimum atomic E-state index is -3.30. The zero-order valence-corrected chi connectivity index (χ0v) is 10.7. The summed E-state index contributed by atoms with van der Waals surface area (Å²) in [5, 5.41) is 3.12. The van der Waals surface area contributed by atoms with E-state index >= 15 is 0 Å². The summed E-state index contributed by atoms with van der Waals surface area (Å²) in [6, 6.07) is 0. The van der Waals surface area contributed by atoms with Gasteiger partial charge in [0.05, 0.1) is 0 Å². The summed E-state index contributed by atoms with van der Waals surface area (Å²) >= 11 is 0. The van der Waals surface area contributed by atoms with Crippen molar-refractivity contribution in [2.45, 2.75) is 27.2 Å². The lowest BCUT2D eigenvalue weighted by Gasteiger charge is -2.10. The summed E-state index contributed by atoms with van der Waals surface area (Å²) in [4.78, 5) is 0. The van der Waals surface area contributed by atoms with Gasteiger partial charge in [-0.05, 0) is 18.9 Å². The first kappa shape index (κ1) is 14.8. The molecule has 0 rings (SSSR count). The second-order valence-corrected chi connectivity index (χ2v) is 5.47. The SMILES string of the molecule is CCCNCCNS(=O)(=O)NCC(C)C. The van der Waals surface area contributed by atoms with E-state index in [0.29, 0.717) is 25.6 Å². The molecule has 15 heavy (non-hydrogen) atoms. The molecular weight excluding hydrogens is 214 g/mol. The van der Waals surface area contributed by atoms with Gasteiger partial charge < -0.3 is 5.32 Å². The van der Waals surface area contributed by atoms with Crippen LogP contribution in [0.25, 0.3) is 0 Å². The van der Waals surface area contributed by atoms with Crippen molar-refractivity contribution in [1.29, 1.82) is 0 Å². The average Bonchev–Trinajstić information content (AvgIpc) is 2.15. The van der Waals surface area contributed by atoms with E-state index in [0.717, 1.165) is 13.0 Å². The molecule has 92 valence electrons. The maximum Gasteiger partial charge on any atom is 0.276 e. The van der Waals surface area contributed by atoms with E-state index in [-0.39, 0.29) is 0 Å². The molecule has 0 heterocycles. The van der Waals surface area contributed by atoms with Gasteiger partial charge in [-0.15, -0.1) is 0 Å². The average molecular weight is 237 g/mol. The van der Waals surface area contributed by atoms with Crippen LogP contribution in [0.15, 0.2) is 0 Å². The van der Waals surface area contributed by atoms with Crippen LogP contribution in [-0.2, 0) is 10.2 Å². The van der Waals surface area contributed by atoms with Crippen LogP contribution in [0.2, 0.25) is 0 Å². The van der Waals surface area contributed by atoms with Gasteiger partial charge in [-0.25, -0.2) is 9.44 Å². The van der Waals surface area contributed by atoms with E-state index in [1.807, 2.05) is 13.8 Å². The van der Waals surface area contributed by atoms with Crippen LogP contribution in [0, 0.1) is 5.92 Å². The molecular formula is C9H23N3O2S. The Bertz CT molecular complexity index is 240. The highest BCUT2D eigenvalue weighted by molar-refractivity contribution is 7.87. The lowest BCUT2D eigenvalue weighted by Crippen LogP contribution is -2.41. The van der Waals surface area contributed by atoms with Gasteiger partial charge in [0.25, 0.3) is 10.2 Å². The molecule has 0 fully saturated rings. The molecule has 0 atom stereocenters. The van der Waals surface area contributed by atoms with Crippen LogP contribution in [0.4, 0.5) is 0 Å². The fourth-order valence-electron chi connectivity index (χ4n) is 0.903. The van der Waals surface area contributed by atoms with Crippen LogP contribution in [0.3, 0.4) is 0 Å². The predicted molar refractivity (Wildman–Crippen MR) is 62.9 cm³/mol. The van der Waals surface area contributed by atoms with Crippen molar-refractivity contribution in [2.24, 2.45) is 5.92 Å². The Balaban J connectivity index is 3.56. The van der Waals surface area contributed by atoms with Crippen molar-refractivity contribution in [1.82, 2.24) is 14.8 Å². The second-order valence-electron chi connectivity index (χ2n) is 3.89. The minimum Gasteiger partial charge on any atom is -0.315 e. The Labute approximate surface area is 93.2 Å². The fraction of sp³-hybridized carbons (Fsp3) is 1.00. The Hall–Kier alpha value is -0.170. The van der Waals surface area contributed by atoms with Crippen molar-refractivity contribution < 1.29 is 8.42 Å². The quantitative estimate of drug-likeness (QED) is 0.497. The van der Waals surface area contributed by atoms with Gasteiger partial charge in [-0.2, -0.15) is 8.42 Å². The maximum atomic E-state index is 11.3.